The van der Waals surface area contributed by atoms with Crippen molar-refractivity contribution >= 4 is 55.4 Å². The largest absolute Gasteiger partial charge is 0.332 e. The number of thioether (sulfide) groups is 1. The maximum absolute atomic E-state index is 12.8. The van der Waals surface area contributed by atoms with Crippen molar-refractivity contribution in [2.75, 3.05) is 11.1 Å². The fraction of sp³-hybridized carbons (Fsp3) is 0.333. The molecule has 0 fully saturated rings. The van der Waals surface area contributed by atoms with Crippen molar-refractivity contribution in [3.05, 3.63) is 50.9 Å². The predicted octanol–water partition coefficient (Wildman–Crippen LogP) is 2.71. The fourth-order valence-corrected chi connectivity index (χ4v) is 4.95. The van der Waals surface area contributed by atoms with Crippen LogP contribution in [0.25, 0.3) is 21.3 Å². The van der Waals surface area contributed by atoms with Gasteiger partial charge in [-0.2, -0.15) is 0 Å². The number of hydrogen-bond donors (Lipinski definition) is 1. The first-order valence-electron chi connectivity index (χ1n) is 10.1. The Bertz CT molecular complexity index is 1410. The lowest BCUT2D eigenvalue weighted by Crippen LogP contribution is -2.38. The quantitative estimate of drug-likeness (QED) is 0.326. The van der Waals surface area contributed by atoms with Crippen LogP contribution < -0.4 is 16.6 Å². The smallest absolute Gasteiger partial charge is 0.301 e. The van der Waals surface area contributed by atoms with E-state index < -0.39 is 11.2 Å². The highest BCUT2D eigenvalue weighted by molar-refractivity contribution is 8.00. The van der Waals surface area contributed by atoms with Crippen molar-refractivity contribution in [1.82, 2.24) is 24.1 Å². The molecular weight excluding hydrogens is 448 g/mol. The van der Waals surface area contributed by atoms with E-state index in [9.17, 15) is 14.4 Å². The Hall–Kier alpha value is -3.05. The summed E-state index contributed by atoms with van der Waals surface area (Å²) in [6.45, 7) is 2.06. The number of fused-ring (bicyclic) bond motifs is 2. The van der Waals surface area contributed by atoms with Crippen molar-refractivity contribution in [3.63, 3.8) is 0 Å². The molecule has 0 unspecified atom stereocenters. The second-order valence-corrected chi connectivity index (χ2v) is 9.27. The molecule has 166 valence electrons. The molecule has 32 heavy (non-hydrogen) atoms. The Morgan fingerprint density at radius 3 is 2.66 bits per heavy atom. The van der Waals surface area contributed by atoms with Crippen molar-refractivity contribution < 1.29 is 4.79 Å². The van der Waals surface area contributed by atoms with E-state index in [1.54, 1.807) is 7.05 Å². The van der Waals surface area contributed by atoms with Gasteiger partial charge in [-0.15, -0.1) is 0 Å². The summed E-state index contributed by atoms with van der Waals surface area (Å²) in [6.07, 6.45) is 2.47. The van der Waals surface area contributed by atoms with Gasteiger partial charge in [0, 0.05) is 20.5 Å². The van der Waals surface area contributed by atoms with E-state index in [2.05, 4.69) is 27.2 Å². The third-order valence-electron chi connectivity index (χ3n) is 4.95. The Labute approximate surface area is 191 Å². The van der Waals surface area contributed by atoms with Crippen LogP contribution in [0.1, 0.15) is 25.6 Å². The van der Waals surface area contributed by atoms with Gasteiger partial charge in [0.05, 0.1) is 16.0 Å². The average Bonchev–Trinajstić information content (AvgIpc) is 3.20. The lowest BCUT2D eigenvalue weighted by atomic mass is 10.2. The highest BCUT2D eigenvalue weighted by atomic mass is 32.2. The molecule has 0 aliphatic rings. The number of para-hydroxylation sites is 1. The van der Waals surface area contributed by atoms with Crippen LogP contribution >= 0.6 is 23.1 Å². The van der Waals surface area contributed by atoms with Gasteiger partial charge >= 0.3 is 5.69 Å². The molecule has 3 aromatic heterocycles. The van der Waals surface area contributed by atoms with Crippen molar-refractivity contribution in [2.24, 2.45) is 14.1 Å². The zero-order chi connectivity index (χ0) is 22.8. The third kappa shape index (κ3) is 4.30. The number of benzene rings is 1. The predicted molar refractivity (Wildman–Crippen MR) is 128 cm³/mol. The maximum Gasteiger partial charge on any atom is 0.332 e. The number of rotatable bonds is 7. The summed E-state index contributed by atoms with van der Waals surface area (Å²) in [7, 11) is 3.00. The molecule has 1 N–H and O–H groups in total. The summed E-state index contributed by atoms with van der Waals surface area (Å²) in [6, 6.07) is 7.66. The molecule has 4 rings (SSSR count). The molecule has 0 aliphatic carbocycles. The number of carbonyl (C=O) groups excluding carboxylic acids is 1. The van der Waals surface area contributed by atoms with Crippen LogP contribution in [-0.2, 0) is 25.3 Å². The van der Waals surface area contributed by atoms with E-state index in [-0.39, 0.29) is 22.7 Å². The van der Waals surface area contributed by atoms with Crippen molar-refractivity contribution in [2.45, 2.75) is 31.2 Å². The second-order valence-electron chi connectivity index (χ2n) is 7.28. The van der Waals surface area contributed by atoms with Gasteiger partial charge in [-0.05, 0) is 18.6 Å². The lowest BCUT2D eigenvalue weighted by Gasteiger charge is -2.11. The van der Waals surface area contributed by atoms with Gasteiger partial charge in [0.2, 0.25) is 5.91 Å². The second kappa shape index (κ2) is 9.21. The van der Waals surface area contributed by atoms with E-state index >= 15 is 0 Å². The normalized spacial score (nSPS) is 11.3. The first-order chi connectivity index (χ1) is 15.4. The molecule has 4 aromatic rings. The van der Waals surface area contributed by atoms with E-state index in [1.807, 2.05) is 24.3 Å². The molecule has 0 saturated carbocycles. The van der Waals surface area contributed by atoms with Crippen LogP contribution in [0.3, 0.4) is 0 Å². The minimum absolute atomic E-state index is 0.0429. The number of aryl methyl sites for hydroxylation is 2. The molecule has 1 amide bonds. The van der Waals surface area contributed by atoms with Crippen LogP contribution in [0.4, 0.5) is 5.13 Å². The Kier molecular flexibility index (Phi) is 6.38. The number of amides is 1. The Morgan fingerprint density at radius 1 is 1.12 bits per heavy atom. The molecule has 0 saturated heterocycles. The molecule has 0 radical (unpaired) electrons. The van der Waals surface area contributed by atoms with Crippen LogP contribution in [-0.4, -0.2) is 35.7 Å². The molecule has 3 heterocycles. The summed E-state index contributed by atoms with van der Waals surface area (Å²) < 4.78 is 3.36. The molecule has 9 nitrogen and oxygen atoms in total. The summed E-state index contributed by atoms with van der Waals surface area (Å²) in [5.41, 5.74) is 0.187. The summed E-state index contributed by atoms with van der Waals surface area (Å²) in [4.78, 5) is 51.2. The van der Waals surface area contributed by atoms with E-state index in [0.717, 1.165) is 39.4 Å². The number of carbonyl (C=O) groups is 1. The van der Waals surface area contributed by atoms with Crippen LogP contribution in [0, 0.1) is 0 Å². The minimum atomic E-state index is -0.473. The van der Waals surface area contributed by atoms with Crippen LogP contribution in [0.15, 0.2) is 38.9 Å². The summed E-state index contributed by atoms with van der Waals surface area (Å²) >= 11 is 2.55. The first-order valence-corrected chi connectivity index (χ1v) is 11.9. The highest BCUT2D eigenvalue weighted by Gasteiger charge is 2.18. The molecule has 11 heteroatoms. The van der Waals surface area contributed by atoms with Crippen molar-refractivity contribution in [3.8, 4) is 0 Å². The molecular formula is C21H22N6O3S2. The molecule has 0 spiro atoms. The molecule has 0 bridgehead atoms. The number of thiazole rings is 1. The SMILES string of the molecule is CCCCc1nc(SCC(=O)Nc2nc3ccccc3s2)c2c(=O)n(C)c(=O)n(C)c2n1. The molecule has 1 aromatic carbocycles. The van der Waals surface area contributed by atoms with E-state index in [0.29, 0.717) is 22.4 Å². The maximum atomic E-state index is 12.8. The van der Waals surface area contributed by atoms with Gasteiger partial charge in [-0.25, -0.2) is 19.7 Å². The number of nitrogens with one attached hydrogen (secondary N) is 1. The zero-order valence-electron chi connectivity index (χ0n) is 17.9. The first kappa shape index (κ1) is 22.2. The third-order valence-corrected chi connectivity index (χ3v) is 6.87. The standard InChI is InChI=1S/C21H22N6O3S2/c1-4-5-10-14-23-17-16(19(29)27(3)21(30)26(17)2)18(24-14)31-11-15(28)25-20-22-12-8-6-7-9-13(12)32-20/h6-9H,4-5,10-11H2,1-3H3,(H,22,25,28). The minimum Gasteiger partial charge on any atom is -0.301 e. The topological polar surface area (TPSA) is 112 Å². The van der Waals surface area contributed by atoms with Crippen molar-refractivity contribution in [1.29, 1.82) is 0 Å². The molecule has 0 aliphatic heterocycles. The fourth-order valence-electron chi connectivity index (χ4n) is 3.24. The van der Waals surface area contributed by atoms with E-state index in [1.165, 1.54) is 23.0 Å². The van der Waals surface area contributed by atoms with Gasteiger partial charge in [-0.1, -0.05) is 48.6 Å². The van der Waals surface area contributed by atoms with Gasteiger partial charge in [-0.3, -0.25) is 18.7 Å². The zero-order valence-corrected chi connectivity index (χ0v) is 19.5. The van der Waals surface area contributed by atoms with Gasteiger partial charge in [0.15, 0.2) is 10.8 Å². The van der Waals surface area contributed by atoms with Gasteiger partial charge in [0.1, 0.15) is 16.2 Å². The van der Waals surface area contributed by atoms with Gasteiger partial charge < -0.3 is 5.32 Å². The monoisotopic (exact) mass is 470 g/mol. The van der Waals surface area contributed by atoms with Gasteiger partial charge in [0.25, 0.3) is 5.56 Å². The number of nitrogens with zero attached hydrogens (tertiary/aromatic N) is 5. The number of anilines is 1. The number of aromatic nitrogens is 5. The van der Waals surface area contributed by atoms with Crippen LogP contribution in [0.2, 0.25) is 0 Å². The Balaban J connectivity index is 1.64. The van der Waals surface area contributed by atoms with Crippen LogP contribution in [0.5, 0.6) is 0 Å². The number of hydrogen-bond acceptors (Lipinski definition) is 8. The summed E-state index contributed by atoms with van der Waals surface area (Å²) in [5, 5.41) is 3.97. The number of unbranched alkanes of at least 4 members (excludes halogenated alkanes) is 1. The Morgan fingerprint density at radius 2 is 1.91 bits per heavy atom. The van der Waals surface area contributed by atoms with E-state index in [4.69, 9.17) is 0 Å². The summed E-state index contributed by atoms with van der Waals surface area (Å²) in [5.74, 6) is 0.343. The highest BCUT2D eigenvalue weighted by Crippen LogP contribution is 2.26. The average molecular weight is 471 g/mol. The molecule has 0 atom stereocenters. The lowest BCUT2D eigenvalue weighted by molar-refractivity contribution is -0.113.